The van der Waals surface area contributed by atoms with Crippen molar-refractivity contribution in [1.82, 2.24) is 0 Å². The maximum absolute atomic E-state index is 13.2. The summed E-state index contributed by atoms with van der Waals surface area (Å²) >= 11 is 0. The molecule has 1 aromatic carbocycles. The number of hydrogen-bond donors (Lipinski definition) is 0. The zero-order valence-corrected chi connectivity index (χ0v) is 7.85. The van der Waals surface area contributed by atoms with Crippen LogP contribution in [0.4, 0.5) is 4.39 Å². The Labute approximate surface area is 76.3 Å². The molecule has 0 radical (unpaired) electrons. The van der Waals surface area contributed by atoms with Crippen LogP contribution in [0.3, 0.4) is 0 Å². The minimum atomic E-state index is -0.532. The Kier molecular flexibility index (Phi) is 2.66. The molecule has 3 heteroatoms. The number of methoxy groups -OCH3 is 1. The van der Waals surface area contributed by atoms with Crippen molar-refractivity contribution in [1.29, 1.82) is 0 Å². The summed E-state index contributed by atoms with van der Waals surface area (Å²) in [5.74, 6) is -0.527. The van der Waals surface area contributed by atoms with E-state index in [0.717, 1.165) is 5.56 Å². The highest BCUT2D eigenvalue weighted by Crippen LogP contribution is 2.25. The molecule has 13 heavy (non-hydrogen) atoms. The molecular weight excluding hydrogens is 171 g/mol. The SMILES string of the molecule is COc1c(C)ccc(F)c1C(C)=O. The summed E-state index contributed by atoms with van der Waals surface area (Å²) in [4.78, 5) is 11.1. The molecule has 1 aromatic rings. The summed E-state index contributed by atoms with van der Waals surface area (Å²) in [6.07, 6.45) is 0. The third kappa shape index (κ3) is 1.69. The number of halogens is 1. The predicted octanol–water partition coefficient (Wildman–Crippen LogP) is 2.35. The fourth-order valence-corrected chi connectivity index (χ4v) is 1.25. The van der Waals surface area contributed by atoms with Crippen molar-refractivity contribution in [3.05, 3.63) is 29.1 Å². The first-order chi connectivity index (χ1) is 6.07. The molecule has 0 heterocycles. The first-order valence-electron chi connectivity index (χ1n) is 3.92. The number of hydrogen-bond acceptors (Lipinski definition) is 2. The zero-order chi connectivity index (χ0) is 10.0. The molecule has 0 spiro atoms. The van der Waals surface area contributed by atoms with Crippen LogP contribution in [0.1, 0.15) is 22.8 Å². The Morgan fingerprint density at radius 1 is 1.46 bits per heavy atom. The Morgan fingerprint density at radius 2 is 2.08 bits per heavy atom. The predicted molar refractivity (Wildman–Crippen MR) is 47.7 cm³/mol. The van der Waals surface area contributed by atoms with Gasteiger partial charge >= 0.3 is 0 Å². The lowest BCUT2D eigenvalue weighted by molar-refractivity contribution is 0.101. The van der Waals surface area contributed by atoms with Crippen LogP contribution in [0, 0.1) is 12.7 Å². The van der Waals surface area contributed by atoms with Crippen LogP contribution in [-0.4, -0.2) is 12.9 Å². The van der Waals surface area contributed by atoms with E-state index in [0.29, 0.717) is 5.75 Å². The minimum Gasteiger partial charge on any atom is -0.496 e. The number of ketones is 1. The molecule has 0 amide bonds. The molecule has 0 atom stereocenters. The maximum atomic E-state index is 13.2. The number of carbonyl (C=O) groups excluding carboxylic acids is 1. The minimum absolute atomic E-state index is 0.0301. The third-order valence-corrected chi connectivity index (χ3v) is 1.86. The zero-order valence-electron chi connectivity index (χ0n) is 7.85. The highest BCUT2D eigenvalue weighted by Gasteiger charge is 2.15. The number of Topliss-reactive ketones (excluding diaryl/α,β-unsaturated/α-hetero) is 1. The van der Waals surface area contributed by atoms with Crippen molar-refractivity contribution >= 4 is 5.78 Å². The molecule has 2 nitrogen and oxygen atoms in total. The Hall–Kier alpha value is -1.38. The molecule has 0 aliphatic carbocycles. The second-order valence-corrected chi connectivity index (χ2v) is 2.83. The largest absolute Gasteiger partial charge is 0.496 e. The number of carbonyl (C=O) groups is 1. The van der Waals surface area contributed by atoms with Crippen molar-refractivity contribution in [2.24, 2.45) is 0 Å². The van der Waals surface area contributed by atoms with Gasteiger partial charge in [0.15, 0.2) is 5.78 Å². The average Bonchev–Trinajstić information content (AvgIpc) is 2.07. The Bertz CT molecular complexity index is 345. The standard InChI is InChI=1S/C10H11FO2/c1-6-4-5-8(11)9(7(2)12)10(6)13-3/h4-5H,1-3H3. The number of rotatable bonds is 2. The molecule has 0 aliphatic rings. The fraction of sp³-hybridized carbons (Fsp3) is 0.300. The molecule has 70 valence electrons. The van der Waals surface area contributed by atoms with E-state index in [1.165, 1.54) is 20.1 Å². The monoisotopic (exact) mass is 182 g/mol. The van der Waals surface area contributed by atoms with Crippen LogP contribution in [0.2, 0.25) is 0 Å². The summed E-state index contributed by atoms with van der Waals surface area (Å²) in [5.41, 5.74) is 0.789. The van der Waals surface area contributed by atoms with Gasteiger partial charge in [0.25, 0.3) is 0 Å². The van der Waals surface area contributed by atoms with Crippen molar-refractivity contribution < 1.29 is 13.9 Å². The summed E-state index contributed by atoms with van der Waals surface area (Å²) in [6.45, 7) is 3.09. The highest BCUT2D eigenvalue weighted by molar-refractivity contribution is 5.97. The quantitative estimate of drug-likeness (QED) is 0.656. The van der Waals surface area contributed by atoms with Crippen molar-refractivity contribution in [2.75, 3.05) is 7.11 Å². The van der Waals surface area contributed by atoms with Gasteiger partial charge in [-0.1, -0.05) is 6.07 Å². The second-order valence-electron chi connectivity index (χ2n) is 2.83. The van der Waals surface area contributed by atoms with Gasteiger partial charge in [-0.05, 0) is 25.5 Å². The van der Waals surface area contributed by atoms with E-state index in [4.69, 9.17) is 4.74 Å². The number of benzene rings is 1. The molecule has 0 saturated carbocycles. The molecular formula is C10H11FO2. The summed E-state index contributed by atoms with van der Waals surface area (Å²) < 4.78 is 18.1. The van der Waals surface area contributed by atoms with Gasteiger partial charge in [-0.3, -0.25) is 4.79 Å². The average molecular weight is 182 g/mol. The van der Waals surface area contributed by atoms with E-state index in [1.807, 2.05) is 0 Å². The van der Waals surface area contributed by atoms with Crippen LogP contribution >= 0.6 is 0 Å². The highest BCUT2D eigenvalue weighted by atomic mass is 19.1. The van der Waals surface area contributed by atoms with E-state index in [9.17, 15) is 9.18 Å². The van der Waals surface area contributed by atoms with Gasteiger partial charge in [0, 0.05) is 0 Å². The van der Waals surface area contributed by atoms with Gasteiger partial charge in [-0.15, -0.1) is 0 Å². The smallest absolute Gasteiger partial charge is 0.166 e. The lowest BCUT2D eigenvalue weighted by atomic mass is 10.1. The molecule has 0 N–H and O–H groups in total. The summed E-state index contributed by atoms with van der Waals surface area (Å²) in [7, 11) is 1.42. The summed E-state index contributed by atoms with van der Waals surface area (Å²) in [5, 5.41) is 0. The normalized spacial score (nSPS) is 9.85. The Balaban J connectivity index is 3.43. The van der Waals surface area contributed by atoms with E-state index >= 15 is 0 Å². The molecule has 0 unspecified atom stereocenters. The lowest BCUT2D eigenvalue weighted by Crippen LogP contribution is -2.02. The van der Waals surface area contributed by atoms with Crippen LogP contribution in [0.15, 0.2) is 12.1 Å². The van der Waals surface area contributed by atoms with Crippen LogP contribution in [0.25, 0.3) is 0 Å². The van der Waals surface area contributed by atoms with Gasteiger partial charge in [0.05, 0.1) is 12.7 Å². The van der Waals surface area contributed by atoms with Crippen LogP contribution in [0.5, 0.6) is 5.75 Å². The van der Waals surface area contributed by atoms with E-state index in [2.05, 4.69) is 0 Å². The van der Waals surface area contributed by atoms with Crippen molar-refractivity contribution in [3.63, 3.8) is 0 Å². The van der Waals surface area contributed by atoms with Gasteiger partial charge in [-0.25, -0.2) is 4.39 Å². The van der Waals surface area contributed by atoms with Gasteiger partial charge < -0.3 is 4.74 Å². The van der Waals surface area contributed by atoms with E-state index < -0.39 is 5.82 Å². The first kappa shape index (κ1) is 9.71. The topological polar surface area (TPSA) is 26.3 Å². The lowest BCUT2D eigenvalue weighted by Gasteiger charge is -2.09. The van der Waals surface area contributed by atoms with Gasteiger partial charge in [-0.2, -0.15) is 0 Å². The fourth-order valence-electron chi connectivity index (χ4n) is 1.25. The second kappa shape index (κ2) is 3.56. The molecule has 0 aromatic heterocycles. The third-order valence-electron chi connectivity index (χ3n) is 1.86. The molecule has 0 fully saturated rings. The first-order valence-corrected chi connectivity index (χ1v) is 3.92. The summed E-state index contributed by atoms with van der Waals surface area (Å²) in [6, 6.07) is 2.86. The Morgan fingerprint density at radius 3 is 2.46 bits per heavy atom. The molecule has 1 rings (SSSR count). The van der Waals surface area contributed by atoms with E-state index in [-0.39, 0.29) is 11.3 Å². The van der Waals surface area contributed by atoms with Gasteiger partial charge in [0.1, 0.15) is 11.6 Å². The van der Waals surface area contributed by atoms with E-state index in [1.54, 1.807) is 13.0 Å². The number of ether oxygens (including phenoxy) is 1. The molecule has 0 bridgehead atoms. The van der Waals surface area contributed by atoms with Crippen molar-refractivity contribution in [3.8, 4) is 5.75 Å². The van der Waals surface area contributed by atoms with Gasteiger partial charge in [0.2, 0.25) is 0 Å². The van der Waals surface area contributed by atoms with Crippen LogP contribution in [-0.2, 0) is 0 Å². The van der Waals surface area contributed by atoms with Crippen molar-refractivity contribution in [2.45, 2.75) is 13.8 Å². The molecule has 0 saturated heterocycles. The number of aryl methyl sites for hydroxylation is 1. The van der Waals surface area contributed by atoms with Crippen LogP contribution < -0.4 is 4.74 Å². The molecule has 0 aliphatic heterocycles. The maximum Gasteiger partial charge on any atom is 0.166 e.